The highest BCUT2D eigenvalue weighted by atomic mass is 15.1. The van der Waals surface area contributed by atoms with Gasteiger partial charge in [-0.25, -0.2) is 0 Å². The van der Waals surface area contributed by atoms with E-state index in [9.17, 15) is 0 Å². The standard InChI is InChI=1S/C19H25N/c1-14-10-12-16(13-11-14)20(6)18-15(2)8-7-9-17(18)19(3,4)5/h7-13H,1-6H3. The molecule has 0 N–H and O–H groups in total. The molecular weight excluding hydrogens is 242 g/mol. The molecule has 0 fully saturated rings. The van der Waals surface area contributed by atoms with Crippen LogP contribution in [0.2, 0.25) is 0 Å². The molecule has 1 nitrogen and oxygen atoms in total. The van der Waals surface area contributed by atoms with Crippen molar-refractivity contribution in [2.24, 2.45) is 0 Å². The van der Waals surface area contributed by atoms with E-state index >= 15 is 0 Å². The third kappa shape index (κ3) is 2.87. The van der Waals surface area contributed by atoms with Crippen LogP contribution in [0.15, 0.2) is 42.5 Å². The Morgan fingerprint density at radius 2 is 1.45 bits per heavy atom. The Labute approximate surface area is 123 Å². The molecule has 0 saturated carbocycles. The first kappa shape index (κ1) is 14.6. The van der Waals surface area contributed by atoms with Crippen LogP contribution < -0.4 is 4.90 Å². The van der Waals surface area contributed by atoms with Gasteiger partial charge in [-0.2, -0.15) is 0 Å². The minimum atomic E-state index is 0.139. The molecule has 2 aromatic carbocycles. The fourth-order valence-corrected chi connectivity index (χ4v) is 2.61. The Kier molecular flexibility index (Phi) is 3.89. The minimum absolute atomic E-state index is 0.139. The lowest BCUT2D eigenvalue weighted by Crippen LogP contribution is -2.20. The first-order chi connectivity index (χ1) is 9.30. The van der Waals surface area contributed by atoms with Crippen molar-refractivity contribution in [3.05, 3.63) is 59.2 Å². The topological polar surface area (TPSA) is 3.24 Å². The zero-order valence-electron chi connectivity index (χ0n) is 13.5. The maximum absolute atomic E-state index is 2.30. The van der Waals surface area contributed by atoms with Gasteiger partial charge in [-0.1, -0.05) is 56.7 Å². The van der Waals surface area contributed by atoms with E-state index in [1.165, 1.54) is 28.1 Å². The summed E-state index contributed by atoms with van der Waals surface area (Å²) in [5, 5.41) is 0. The lowest BCUT2D eigenvalue weighted by molar-refractivity contribution is 0.590. The summed E-state index contributed by atoms with van der Waals surface area (Å²) in [6.07, 6.45) is 0. The number of hydrogen-bond donors (Lipinski definition) is 0. The highest BCUT2D eigenvalue weighted by Gasteiger charge is 2.21. The summed E-state index contributed by atoms with van der Waals surface area (Å²) in [5.74, 6) is 0. The summed E-state index contributed by atoms with van der Waals surface area (Å²) in [4.78, 5) is 2.30. The Morgan fingerprint density at radius 3 is 2.00 bits per heavy atom. The van der Waals surface area contributed by atoms with Gasteiger partial charge in [-0.05, 0) is 42.5 Å². The van der Waals surface area contributed by atoms with Crippen molar-refractivity contribution in [1.82, 2.24) is 0 Å². The van der Waals surface area contributed by atoms with E-state index in [-0.39, 0.29) is 5.41 Å². The molecule has 0 radical (unpaired) electrons. The Balaban J connectivity index is 2.54. The molecule has 0 saturated heterocycles. The number of rotatable bonds is 2. The third-order valence-electron chi connectivity index (χ3n) is 3.80. The normalized spacial score (nSPS) is 11.5. The van der Waals surface area contributed by atoms with Crippen molar-refractivity contribution >= 4 is 11.4 Å². The van der Waals surface area contributed by atoms with Crippen LogP contribution in [0.1, 0.15) is 37.5 Å². The van der Waals surface area contributed by atoms with E-state index < -0.39 is 0 Å². The molecular formula is C19H25N. The van der Waals surface area contributed by atoms with Gasteiger partial charge in [-0.3, -0.25) is 0 Å². The number of hydrogen-bond acceptors (Lipinski definition) is 1. The number of para-hydroxylation sites is 1. The molecule has 0 bridgehead atoms. The second-order valence-corrected chi connectivity index (χ2v) is 6.62. The molecule has 20 heavy (non-hydrogen) atoms. The van der Waals surface area contributed by atoms with E-state index in [2.05, 4.69) is 89.0 Å². The lowest BCUT2D eigenvalue weighted by Gasteiger charge is -2.30. The van der Waals surface area contributed by atoms with Crippen LogP contribution in [0.25, 0.3) is 0 Å². The van der Waals surface area contributed by atoms with Gasteiger partial charge in [0.1, 0.15) is 0 Å². The lowest BCUT2D eigenvalue weighted by atomic mass is 9.84. The van der Waals surface area contributed by atoms with E-state index in [1.54, 1.807) is 0 Å². The second-order valence-electron chi connectivity index (χ2n) is 6.62. The molecule has 0 aromatic heterocycles. The summed E-state index contributed by atoms with van der Waals surface area (Å²) in [7, 11) is 2.15. The number of anilines is 2. The Hall–Kier alpha value is -1.76. The van der Waals surface area contributed by atoms with Gasteiger partial charge < -0.3 is 4.90 Å². The van der Waals surface area contributed by atoms with Gasteiger partial charge >= 0.3 is 0 Å². The van der Waals surface area contributed by atoms with Crippen molar-refractivity contribution in [3.8, 4) is 0 Å². The van der Waals surface area contributed by atoms with Crippen LogP contribution in [-0.4, -0.2) is 7.05 Å². The summed E-state index contributed by atoms with van der Waals surface area (Å²) >= 11 is 0. The fourth-order valence-electron chi connectivity index (χ4n) is 2.61. The third-order valence-corrected chi connectivity index (χ3v) is 3.80. The molecule has 106 valence electrons. The van der Waals surface area contributed by atoms with E-state index in [4.69, 9.17) is 0 Å². The van der Waals surface area contributed by atoms with Crippen molar-refractivity contribution in [1.29, 1.82) is 0 Å². The molecule has 0 amide bonds. The number of nitrogens with zero attached hydrogens (tertiary/aromatic N) is 1. The Bertz CT molecular complexity index is 588. The predicted octanol–water partition coefficient (Wildman–Crippen LogP) is 5.37. The fraction of sp³-hybridized carbons (Fsp3) is 0.368. The highest BCUT2D eigenvalue weighted by molar-refractivity contribution is 5.70. The van der Waals surface area contributed by atoms with Crippen LogP contribution >= 0.6 is 0 Å². The maximum Gasteiger partial charge on any atom is 0.0475 e. The molecule has 0 spiro atoms. The monoisotopic (exact) mass is 267 g/mol. The quantitative estimate of drug-likeness (QED) is 0.707. The average Bonchev–Trinajstić information content (AvgIpc) is 2.37. The molecule has 2 rings (SSSR count). The van der Waals surface area contributed by atoms with Crippen LogP contribution in [0, 0.1) is 13.8 Å². The van der Waals surface area contributed by atoms with Crippen molar-refractivity contribution in [2.75, 3.05) is 11.9 Å². The minimum Gasteiger partial charge on any atom is -0.344 e. The SMILES string of the molecule is Cc1ccc(N(C)c2c(C)cccc2C(C)(C)C)cc1. The van der Waals surface area contributed by atoms with E-state index in [0.717, 1.165) is 0 Å². The smallest absolute Gasteiger partial charge is 0.0475 e. The summed E-state index contributed by atoms with van der Waals surface area (Å²) in [6, 6.07) is 15.3. The zero-order valence-corrected chi connectivity index (χ0v) is 13.5. The predicted molar refractivity (Wildman–Crippen MR) is 89.1 cm³/mol. The van der Waals surface area contributed by atoms with E-state index in [1.807, 2.05) is 0 Å². The molecule has 0 aliphatic rings. The van der Waals surface area contributed by atoms with Gasteiger partial charge in [0.15, 0.2) is 0 Å². The van der Waals surface area contributed by atoms with Gasteiger partial charge in [0.2, 0.25) is 0 Å². The molecule has 0 aliphatic heterocycles. The van der Waals surface area contributed by atoms with Crippen LogP contribution in [0.5, 0.6) is 0 Å². The largest absolute Gasteiger partial charge is 0.344 e. The summed E-state index contributed by atoms with van der Waals surface area (Å²) in [5.41, 5.74) is 6.70. The van der Waals surface area contributed by atoms with Crippen molar-refractivity contribution < 1.29 is 0 Å². The van der Waals surface area contributed by atoms with Gasteiger partial charge in [0.25, 0.3) is 0 Å². The van der Waals surface area contributed by atoms with Gasteiger partial charge in [-0.15, -0.1) is 0 Å². The van der Waals surface area contributed by atoms with Crippen LogP contribution in [-0.2, 0) is 5.41 Å². The second kappa shape index (κ2) is 5.32. The van der Waals surface area contributed by atoms with Crippen molar-refractivity contribution in [3.63, 3.8) is 0 Å². The van der Waals surface area contributed by atoms with E-state index in [0.29, 0.717) is 0 Å². The van der Waals surface area contributed by atoms with Gasteiger partial charge in [0, 0.05) is 18.4 Å². The summed E-state index contributed by atoms with van der Waals surface area (Å²) < 4.78 is 0. The zero-order chi connectivity index (χ0) is 14.9. The molecule has 0 unspecified atom stereocenters. The first-order valence-corrected chi connectivity index (χ1v) is 7.21. The van der Waals surface area contributed by atoms with Crippen LogP contribution in [0.4, 0.5) is 11.4 Å². The number of aryl methyl sites for hydroxylation is 2. The van der Waals surface area contributed by atoms with Gasteiger partial charge in [0.05, 0.1) is 0 Å². The first-order valence-electron chi connectivity index (χ1n) is 7.21. The Morgan fingerprint density at radius 1 is 0.850 bits per heavy atom. The molecule has 0 atom stereocenters. The summed E-state index contributed by atoms with van der Waals surface area (Å²) in [6.45, 7) is 11.1. The van der Waals surface area contributed by atoms with Crippen LogP contribution in [0.3, 0.4) is 0 Å². The molecule has 1 heteroatoms. The average molecular weight is 267 g/mol. The molecule has 2 aromatic rings. The highest BCUT2D eigenvalue weighted by Crippen LogP contribution is 2.37. The number of benzene rings is 2. The maximum atomic E-state index is 2.30. The van der Waals surface area contributed by atoms with Crippen molar-refractivity contribution in [2.45, 2.75) is 40.0 Å². The molecule has 0 heterocycles. The molecule has 0 aliphatic carbocycles.